The van der Waals surface area contributed by atoms with Gasteiger partial charge in [0.15, 0.2) is 0 Å². The number of non-ortho nitro benzene ring substituents is 1. The number of nitrogens with zero attached hydrogens (tertiary/aromatic N) is 1. The van der Waals surface area contributed by atoms with Gasteiger partial charge in [-0.05, 0) is 24.6 Å². The van der Waals surface area contributed by atoms with Crippen molar-refractivity contribution >= 4 is 17.6 Å². The van der Waals surface area contributed by atoms with Crippen molar-refractivity contribution in [3.8, 4) is 5.75 Å². The Labute approximate surface area is 158 Å². The first-order valence-corrected chi connectivity index (χ1v) is 8.03. The number of para-hydroxylation sites is 1. The number of benzene rings is 2. The Kier molecular flexibility index (Phi) is 6.96. The average Bonchev–Trinajstić information content (AvgIpc) is 2.66. The summed E-state index contributed by atoms with van der Waals surface area (Å²) in [4.78, 5) is 34.3. The van der Waals surface area contributed by atoms with Crippen molar-refractivity contribution in [2.24, 2.45) is 0 Å². The van der Waals surface area contributed by atoms with E-state index in [0.29, 0.717) is 5.56 Å². The molecule has 2 aromatic rings. The molecule has 1 atom stereocenters. The van der Waals surface area contributed by atoms with Crippen molar-refractivity contribution in [1.29, 1.82) is 0 Å². The molecular formula is C18H16F2N2O6. The van der Waals surface area contributed by atoms with Crippen molar-refractivity contribution < 1.29 is 32.8 Å². The quantitative estimate of drug-likeness (QED) is 0.418. The van der Waals surface area contributed by atoms with Gasteiger partial charge in [-0.2, -0.15) is 8.78 Å². The Balaban J connectivity index is 1.94. The number of nitro groups is 1. The number of amides is 1. The van der Waals surface area contributed by atoms with Crippen LogP contribution in [0.4, 0.5) is 14.5 Å². The normalized spacial score (nSPS) is 11.6. The molecule has 148 valence electrons. The Morgan fingerprint density at radius 2 is 1.89 bits per heavy atom. The molecule has 0 saturated heterocycles. The predicted molar refractivity (Wildman–Crippen MR) is 93.0 cm³/mol. The van der Waals surface area contributed by atoms with Crippen molar-refractivity contribution in [3.05, 3.63) is 69.8 Å². The number of carbonyl (C=O) groups excluding carboxylic acids is 2. The van der Waals surface area contributed by atoms with E-state index in [1.54, 1.807) is 6.07 Å². The zero-order valence-corrected chi connectivity index (χ0v) is 14.6. The van der Waals surface area contributed by atoms with E-state index in [1.165, 1.54) is 49.4 Å². The Hall–Kier alpha value is -3.56. The molecule has 1 N–H and O–H groups in total. The zero-order chi connectivity index (χ0) is 20.7. The molecule has 2 aromatic carbocycles. The van der Waals surface area contributed by atoms with Gasteiger partial charge in [0.2, 0.25) is 0 Å². The van der Waals surface area contributed by atoms with Crippen LogP contribution in [0, 0.1) is 10.1 Å². The first-order valence-electron chi connectivity index (χ1n) is 8.03. The van der Waals surface area contributed by atoms with Gasteiger partial charge in [0.05, 0.1) is 10.5 Å². The van der Waals surface area contributed by atoms with Crippen molar-refractivity contribution in [2.75, 3.05) is 6.54 Å². The van der Waals surface area contributed by atoms with Crippen molar-refractivity contribution in [2.45, 2.75) is 19.6 Å². The van der Waals surface area contributed by atoms with E-state index >= 15 is 0 Å². The number of halogens is 2. The van der Waals surface area contributed by atoms with Crippen LogP contribution in [-0.2, 0) is 9.53 Å². The third kappa shape index (κ3) is 5.73. The van der Waals surface area contributed by atoms with Crippen LogP contribution in [0.2, 0.25) is 0 Å². The van der Waals surface area contributed by atoms with Crippen LogP contribution >= 0.6 is 0 Å². The second-order valence-corrected chi connectivity index (χ2v) is 5.54. The molecule has 0 heterocycles. The maximum atomic E-state index is 12.4. The number of rotatable bonds is 8. The smallest absolute Gasteiger partial charge is 0.387 e. The summed E-state index contributed by atoms with van der Waals surface area (Å²) in [6.45, 7) is -2.11. The largest absolute Gasteiger partial charge is 0.456 e. The van der Waals surface area contributed by atoms with Crippen LogP contribution in [0.25, 0.3) is 0 Å². The first-order chi connectivity index (χ1) is 13.3. The van der Waals surface area contributed by atoms with Crippen molar-refractivity contribution in [1.82, 2.24) is 5.32 Å². The number of carbonyl (C=O) groups is 2. The van der Waals surface area contributed by atoms with Gasteiger partial charge in [0.25, 0.3) is 11.6 Å². The van der Waals surface area contributed by atoms with Crippen LogP contribution < -0.4 is 10.1 Å². The lowest BCUT2D eigenvalue weighted by Crippen LogP contribution is -2.31. The van der Waals surface area contributed by atoms with E-state index in [-0.39, 0.29) is 17.0 Å². The molecule has 2 rings (SSSR count). The van der Waals surface area contributed by atoms with E-state index in [9.17, 15) is 28.5 Å². The lowest BCUT2D eigenvalue weighted by Gasteiger charge is -2.14. The van der Waals surface area contributed by atoms with Gasteiger partial charge < -0.3 is 14.8 Å². The molecule has 0 aliphatic rings. The van der Waals surface area contributed by atoms with Gasteiger partial charge in [-0.15, -0.1) is 0 Å². The van der Waals surface area contributed by atoms with Gasteiger partial charge >= 0.3 is 12.6 Å². The highest BCUT2D eigenvalue weighted by atomic mass is 19.3. The van der Waals surface area contributed by atoms with Crippen LogP contribution in [0.3, 0.4) is 0 Å². The average molecular weight is 394 g/mol. The fraction of sp³-hybridized carbons (Fsp3) is 0.222. The minimum atomic E-state index is -3.10. The maximum Gasteiger partial charge on any atom is 0.387 e. The predicted octanol–water partition coefficient (Wildman–Crippen LogP) is 3.23. The van der Waals surface area contributed by atoms with Gasteiger partial charge in [0.1, 0.15) is 18.4 Å². The molecule has 0 bridgehead atoms. The number of ether oxygens (including phenoxy) is 2. The Morgan fingerprint density at radius 3 is 2.57 bits per heavy atom. The number of esters is 1. The van der Waals surface area contributed by atoms with E-state index in [2.05, 4.69) is 10.1 Å². The highest BCUT2D eigenvalue weighted by Crippen LogP contribution is 2.22. The Morgan fingerprint density at radius 1 is 1.18 bits per heavy atom. The van der Waals surface area contributed by atoms with Crippen molar-refractivity contribution in [3.63, 3.8) is 0 Å². The molecule has 0 aliphatic heterocycles. The molecule has 0 radical (unpaired) electrons. The highest BCUT2D eigenvalue weighted by molar-refractivity contribution is 5.98. The molecule has 0 fully saturated rings. The monoisotopic (exact) mass is 394 g/mol. The summed E-state index contributed by atoms with van der Waals surface area (Å²) in [6.07, 6.45) is -0.793. The second-order valence-electron chi connectivity index (χ2n) is 5.54. The topological polar surface area (TPSA) is 108 Å². The summed E-state index contributed by atoms with van der Waals surface area (Å²) < 4.78 is 34.2. The van der Waals surface area contributed by atoms with Gasteiger partial charge in [-0.1, -0.05) is 24.3 Å². The van der Waals surface area contributed by atoms with Crippen LogP contribution in [0.5, 0.6) is 5.75 Å². The molecule has 10 heteroatoms. The summed E-state index contributed by atoms with van der Waals surface area (Å²) in [5.74, 6) is -1.93. The number of nitro benzene ring substituents is 1. The standard InChI is InChI=1S/C18H16F2N2O6/c1-11(12-5-4-6-13(9-12)22(25)26)27-16(23)10-21-17(24)14-7-2-3-8-15(14)28-18(19)20/h2-9,11,18H,10H2,1H3,(H,21,24)/t11-/m0/s1. The fourth-order valence-electron chi connectivity index (χ4n) is 2.30. The number of hydrogen-bond donors (Lipinski definition) is 1. The molecule has 0 aliphatic carbocycles. The first kappa shape index (κ1) is 20.7. The molecule has 28 heavy (non-hydrogen) atoms. The number of alkyl halides is 2. The summed E-state index contributed by atoms with van der Waals surface area (Å²) in [5.41, 5.74) is 0.0937. The van der Waals surface area contributed by atoms with Gasteiger partial charge in [-0.3, -0.25) is 19.7 Å². The lowest BCUT2D eigenvalue weighted by molar-refractivity contribution is -0.385. The van der Waals surface area contributed by atoms with E-state index in [1.807, 2.05) is 0 Å². The third-order valence-corrected chi connectivity index (χ3v) is 3.60. The van der Waals surface area contributed by atoms with Crippen LogP contribution in [0.1, 0.15) is 28.9 Å². The minimum absolute atomic E-state index is 0.149. The van der Waals surface area contributed by atoms with Crippen LogP contribution in [0.15, 0.2) is 48.5 Å². The molecule has 0 aromatic heterocycles. The summed E-state index contributed by atoms with van der Waals surface area (Å²) in [5, 5.41) is 13.0. The molecule has 0 unspecified atom stereocenters. The van der Waals surface area contributed by atoms with E-state index in [0.717, 1.165) is 0 Å². The third-order valence-electron chi connectivity index (χ3n) is 3.60. The minimum Gasteiger partial charge on any atom is -0.456 e. The van der Waals surface area contributed by atoms with E-state index < -0.39 is 36.1 Å². The summed E-state index contributed by atoms with van der Waals surface area (Å²) in [7, 11) is 0. The Bertz CT molecular complexity index is 875. The second kappa shape index (κ2) is 9.40. The zero-order valence-electron chi connectivity index (χ0n) is 14.6. The number of hydrogen-bond acceptors (Lipinski definition) is 6. The van der Waals surface area contributed by atoms with Gasteiger partial charge in [0, 0.05) is 12.1 Å². The lowest BCUT2D eigenvalue weighted by atomic mass is 10.1. The van der Waals surface area contributed by atoms with Gasteiger partial charge in [-0.25, -0.2) is 0 Å². The molecule has 0 saturated carbocycles. The number of nitrogens with one attached hydrogen (secondary N) is 1. The highest BCUT2D eigenvalue weighted by Gasteiger charge is 2.18. The van der Waals surface area contributed by atoms with E-state index in [4.69, 9.17) is 4.74 Å². The SMILES string of the molecule is C[C@H](OC(=O)CNC(=O)c1ccccc1OC(F)F)c1cccc([N+](=O)[O-])c1. The molecule has 0 spiro atoms. The molecular weight excluding hydrogens is 378 g/mol. The molecule has 1 amide bonds. The van der Waals surface area contributed by atoms with Crippen LogP contribution in [-0.4, -0.2) is 30.0 Å². The maximum absolute atomic E-state index is 12.4. The fourth-order valence-corrected chi connectivity index (χ4v) is 2.30. The molecule has 8 nitrogen and oxygen atoms in total. The summed E-state index contributed by atoms with van der Waals surface area (Å²) >= 11 is 0. The summed E-state index contributed by atoms with van der Waals surface area (Å²) in [6, 6.07) is 10.9.